The van der Waals surface area contributed by atoms with E-state index in [-0.39, 0.29) is 0 Å². The Kier molecular flexibility index (Phi) is 0.692. The summed E-state index contributed by atoms with van der Waals surface area (Å²) in [6.45, 7) is 0. The fourth-order valence-corrected chi connectivity index (χ4v) is 0.782. The quantitative estimate of drug-likeness (QED) is 0.524. The zero-order valence-corrected chi connectivity index (χ0v) is 4.54. The molecule has 0 spiro atoms. The lowest BCUT2D eigenvalue weighted by atomic mass is 10.7. The molecule has 0 N–H and O–H groups in total. The largest absolute Gasteiger partial charge is 0.269 e. The van der Waals surface area contributed by atoms with E-state index in [0.717, 1.165) is 0 Å². The predicted octanol–water partition coefficient (Wildman–Crippen LogP) is 1.02. The molecule has 0 aromatic carbocycles. The standard InChI is InChI=1S/C6H7N2/c1-4-7-8(5-1)6-2-3-6/h4-6H,2-3H2. The van der Waals surface area contributed by atoms with Crippen LogP contribution in [0.2, 0.25) is 0 Å². The summed E-state index contributed by atoms with van der Waals surface area (Å²) in [5, 5.41) is 4.04. The third-order valence-electron chi connectivity index (χ3n) is 1.39. The SMILES string of the molecule is [c]1cnn(C2CC2)c1. The third-order valence-corrected chi connectivity index (χ3v) is 1.39. The fourth-order valence-electron chi connectivity index (χ4n) is 0.782. The van der Waals surface area contributed by atoms with Gasteiger partial charge in [0, 0.05) is 12.3 Å². The van der Waals surface area contributed by atoms with Gasteiger partial charge in [0.1, 0.15) is 0 Å². The molecule has 1 radical (unpaired) electrons. The Morgan fingerprint density at radius 2 is 2.50 bits per heavy atom. The maximum absolute atomic E-state index is 4.04. The molecule has 1 saturated carbocycles. The molecule has 0 unspecified atom stereocenters. The molecule has 1 aliphatic carbocycles. The Hall–Kier alpha value is -0.790. The van der Waals surface area contributed by atoms with Crippen LogP contribution in [-0.4, -0.2) is 9.78 Å². The van der Waals surface area contributed by atoms with E-state index < -0.39 is 0 Å². The first-order chi connectivity index (χ1) is 3.97. The number of hydrogen-bond donors (Lipinski definition) is 0. The van der Waals surface area contributed by atoms with Crippen molar-refractivity contribution >= 4 is 0 Å². The molecule has 0 atom stereocenters. The van der Waals surface area contributed by atoms with Crippen molar-refractivity contribution in [2.24, 2.45) is 0 Å². The maximum atomic E-state index is 4.04. The molecule has 0 aliphatic heterocycles. The summed E-state index contributed by atoms with van der Waals surface area (Å²) in [5.41, 5.74) is 0. The summed E-state index contributed by atoms with van der Waals surface area (Å²) >= 11 is 0. The number of nitrogens with zero attached hydrogens (tertiary/aromatic N) is 2. The Labute approximate surface area is 48.1 Å². The van der Waals surface area contributed by atoms with Gasteiger partial charge in [0.15, 0.2) is 0 Å². The minimum absolute atomic E-state index is 0.709. The van der Waals surface area contributed by atoms with Crippen LogP contribution in [0.4, 0.5) is 0 Å². The minimum Gasteiger partial charge on any atom is -0.269 e. The van der Waals surface area contributed by atoms with Crippen LogP contribution >= 0.6 is 0 Å². The van der Waals surface area contributed by atoms with Gasteiger partial charge in [-0.05, 0) is 12.8 Å². The summed E-state index contributed by atoms with van der Waals surface area (Å²) in [7, 11) is 0. The summed E-state index contributed by atoms with van der Waals surface area (Å²) in [4.78, 5) is 0. The Morgan fingerprint density at radius 3 is 3.00 bits per heavy atom. The van der Waals surface area contributed by atoms with Crippen molar-refractivity contribution in [1.29, 1.82) is 0 Å². The molecule has 2 heteroatoms. The smallest absolute Gasteiger partial charge is 0.0569 e. The molecule has 8 heavy (non-hydrogen) atoms. The van der Waals surface area contributed by atoms with Crippen molar-refractivity contribution in [2.75, 3.05) is 0 Å². The van der Waals surface area contributed by atoms with Crippen molar-refractivity contribution in [2.45, 2.75) is 18.9 Å². The average molecular weight is 107 g/mol. The number of aromatic nitrogens is 2. The van der Waals surface area contributed by atoms with Crippen molar-refractivity contribution in [1.82, 2.24) is 9.78 Å². The molecule has 1 aromatic heterocycles. The highest BCUT2D eigenvalue weighted by molar-refractivity contribution is 4.85. The molecule has 1 fully saturated rings. The monoisotopic (exact) mass is 107 g/mol. The van der Waals surface area contributed by atoms with Gasteiger partial charge in [-0.15, -0.1) is 0 Å². The molecule has 0 amide bonds. The van der Waals surface area contributed by atoms with Gasteiger partial charge in [-0.25, -0.2) is 0 Å². The Bertz CT molecular complexity index is 163. The first-order valence-electron chi connectivity index (χ1n) is 2.87. The molecule has 0 saturated heterocycles. The predicted molar refractivity (Wildman–Crippen MR) is 29.3 cm³/mol. The van der Waals surface area contributed by atoms with E-state index in [9.17, 15) is 0 Å². The van der Waals surface area contributed by atoms with Crippen LogP contribution in [0.5, 0.6) is 0 Å². The second-order valence-corrected chi connectivity index (χ2v) is 2.15. The van der Waals surface area contributed by atoms with E-state index in [0.29, 0.717) is 6.04 Å². The van der Waals surface area contributed by atoms with Crippen LogP contribution in [0.25, 0.3) is 0 Å². The lowest BCUT2D eigenvalue weighted by molar-refractivity contribution is 0.641. The van der Waals surface area contributed by atoms with Gasteiger partial charge in [-0.3, -0.25) is 4.68 Å². The molecule has 0 bridgehead atoms. The van der Waals surface area contributed by atoms with Gasteiger partial charge in [0.05, 0.1) is 12.2 Å². The second kappa shape index (κ2) is 1.34. The summed E-state index contributed by atoms with van der Waals surface area (Å²) < 4.78 is 1.97. The first kappa shape index (κ1) is 4.13. The van der Waals surface area contributed by atoms with E-state index in [4.69, 9.17) is 0 Å². The minimum atomic E-state index is 0.709. The molecule has 2 nitrogen and oxygen atoms in total. The normalized spacial score (nSPS) is 19.0. The van der Waals surface area contributed by atoms with Gasteiger partial charge >= 0.3 is 0 Å². The van der Waals surface area contributed by atoms with Crippen LogP contribution in [0, 0.1) is 6.07 Å². The Morgan fingerprint density at radius 1 is 1.62 bits per heavy atom. The molecular formula is C6H7N2. The molecule has 1 aromatic rings. The lowest BCUT2D eigenvalue weighted by Gasteiger charge is -1.90. The second-order valence-electron chi connectivity index (χ2n) is 2.15. The molecule has 41 valence electrons. The van der Waals surface area contributed by atoms with Crippen LogP contribution in [0.15, 0.2) is 12.4 Å². The van der Waals surface area contributed by atoms with Gasteiger partial charge in [0.25, 0.3) is 0 Å². The van der Waals surface area contributed by atoms with E-state index in [1.165, 1.54) is 12.8 Å². The average Bonchev–Trinajstić information content (AvgIpc) is 2.49. The summed E-state index contributed by atoms with van der Waals surface area (Å²) in [6.07, 6.45) is 6.21. The van der Waals surface area contributed by atoms with Crippen molar-refractivity contribution in [3.05, 3.63) is 18.5 Å². The van der Waals surface area contributed by atoms with E-state index in [2.05, 4.69) is 11.2 Å². The van der Waals surface area contributed by atoms with Crippen LogP contribution in [-0.2, 0) is 0 Å². The number of rotatable bonds is 1. The van der Waals surface area contributed by atoms with Gasteiger partial charge < -0.3 is 0 Å². The van der Waals surface area contributed by atoms with Crippen LogP contribution in [0.3, 0.4) is 0 Å². The summed E-state index contributed by atoms with van der Waals surface area (Å²) in [6, 6.07) is 3.61. The molecule has 1 heterocycles. The zero-order valence-electron chi connectivity index (χ0n) is 4.54. The highest BCUT2D eigenvalue weighted by Crippen LogP contribution is 2.33. The van der Waals surface area contributed by atoms with Crippen molar-refractivity contribution in [3.63, 3.8) is 0 Å². The lowest BCUT2D eigenvalue weighted by Crippen LogP contribution is -1.91. The molecular weight excluding hydrogens is 100 g/mol. The number of hydrogen-bond acceptors (Lipinski definition) is 1. The fraction of sp³-hybridized carbons (Fsp3) is 0.500. The van der Waals surface area contributed by atoms with Crippen molar-refractivity contribution in [3.8, 4) is 0 Å². The summed E-state index contributed by atoms with van der Waals surface area (Å²) in [5.74, 6) is 0. The molecule has 1 aliphatic rings. The third kappa shape index (κ3) is 0.529. The topological polar surface area (TPSA) is 17.8 Å². The van der Waals surface area contributed by atoms with E-state index in [1.54, 1.807) is 6.20 Å². The van der Waals surface area contributed by atoms with Gasteiger partial charge in [-0.2, -0.15) is 5.10 Å². The zero-order chi connectivity index (χ0) is 5.40. The van der Waals surface area contributed by atoms with Crippen LogP contribution in [0.1, 0.15) is 18.9 Å². The van der Waals surface area contributed by atoms with Crippen LogP contribution < -0.4 is 0 Å². The van der Waals surface area contributed by atoms with Crippen molar-refractivity contribution < 1.29 is 0 Å². The van der Waals surface area contributed by atoms with Gasteiger partial charge in [0.2, 0.25) is 0 Å². The van der Waals surface area contributed by atoms with E-state index in [1.807, 2.05) is 10.9 Å². The Balaban J connectivity index is 2.28. The highest BCUT2D eigenvalue weighted by atomic mass is 15.3. The highest BCUT2D eigenvalue weighted by Gasteiger charge is 2.22. The first-order valence-corrected chi connectivity index (χ1v) is 2.87. The van der Waals surface area contributed by atoms with Gasteiger partial charge in [-0.1, -0.05) is 0 Å². The molecule has 2 rings (SSSR count). The maximum Gasteiger partial charge on any atom is 0.0569 e. The van der Waals surface area contributed by atoms with E-state index >= 15 is 0 Å².